The van der Waals surface area contributed by atoms with E-state index in [9.17, 15) is 8.42 Å². The first-order chi connectivity index (χ1) is 8.64. The van der Waals surface area contributed by atoms with Crippen LogP contribution in [0.15, 0.2) is 0 Å². The van der Waals surface area contributed by atoms with E-state index < -0.39 is 10.0 Å². The maximum absolute atomic E-state index is 12.4. The Morgan fingerprint density at radius 1 is 1.39 bits per heavy atom. The smallest absolute Gasteiger partial charge is 0.218 e. The number of piperidine rings is 1. The molecule has 0 aromatic heterocycles. The molecule has 2 aliphatic rings. The molecule has 2 aliphatic heterocycles. The lowest BCUT2D eigenvalue weighted by Crippen LogP contribution is -2.47. The zero-order valence-electron chi connectivity index (χ0n) is 11.1. The van der Waals surface area contributed by atoms with E-state index in [0.717, 1.165) is 38.8 Å². The lowest BCUT2D eigenvalue weighted by Gasteiger charge is -2.33. The van der Waals surface area contributed by atoms with Crippen molar-refractivity contribution in [3.8, 4) is 0 Å². The summed E-state index contributed by atoms with van der Waals surface area (Å²) in [7, 11) is -3.13. The molecule has 1 N–H and O–H groups in total. The van der Waals surface area contributed by atoms with E-state index in [4.69, 9.17) is 4.74 Å². The number of sulfonamides is 1. The Bertz CT molecular complexity index is 352. The van der Waals surface area contributed by atoms with Crippen LogP contribution in [0.2, 0.25) is 0 Å². The summed E-state index contributed by atoms with van der Waals surface area (Å²) >= 11 is 0. The predicted molar refractivity (Wildman–Crippen MR) is 71.0 cm³/mol. The van der Waals surface area contributed by atoms with Crippen molar-refractivity contribution in [1.82, 2.24) is 9.62 Å². The third kappa shape index (κ3) is 3.23. The van der Waals surface area contributed by atoms with Crippen LogP contribution in [-0.4, -0.2) is 56.9 Å². The molecule has 0 saturated carbocycles. The highest BCUT2D eigenvalue weighted by atomic mass is 32.2. The number of nitrogens with zero attached hydrogens (tertiary/aromatic N) is 1. The van der Waals surface area contributed by atoms with Crippen molar-refractivity contribution < 1.29 is 13.2 Å². The van der Waals surface area contributed by atoms with Gasteiger partial charge in [0.25, 0.3) is 0 Å². The summed E-state index contributed by atoms with van der Waals surface area (Å²) in [4.78, 5) is 0. The van der Waals surface area contributed by atoms with Crippen molar-refractivity contribution in [2.75, 3.05) is 32.8 Å². The molecule has 106 valence electrons. The van der Waals surface area contributed by atoms with Gasteiger partial charge in [0.2, 0.25) is 10.0 Å². The molecule has 0 aliphatic carbocycles. The zero-order valence-corrected chi connectivity index (χ0v) is 11.9. The van der Waals surface area contributed by atoms with Crippen LogP contribution in [-0.2, 0) is 14.8 Å². The minimum atomic E-state index is -3.13. The Morgan fingerprint density at radius 2 is 2.22 bits per heavy atom. The largest absolute Gasteiger partial charge is 0.377 e. The molecule has 0 spiro atoms. The van der Waals surface area contributed by atoms with Crippen LogP contribution in [0.25, 0.3) is 0 Å². The minimum Gasteiger partial charge on any atom is -0.377 e. The molecule has 2 saturated heterocycles. The molecule has 18 heavy (non-hydrogen) atoms. The average molecular weight is 276 g/mol. The molecular formula is C12H24N2O3S. The lowest BCUT2D eigenvalue weighted by atomic mass is 10.1. The topological polar surface area (TPSA) is 58.6 Å². The normalized spacial score (nSPS) is 30.7. The second-order valence-electron chi connectivity index (χ2n) is 5.15. The molecule has 2 atom stereocenters. The van der Waals surface area contributed by atoms with Gasteiger partial charge in [-0.15, -0.1) is 0 Å². The second-order valence-corrected chi connectivity index (χ2v) is 7.37. The lowest BCUT2D eigenvalue weighted by molar-refractivity contribution is 0.0192. The highest BCUT2D eigenvalue weighted by Crippen LogP contribution is 2.21. The molecule has 6 heteroatoms. The third-order valence-electron chi connectivity index (χ3n) is 3.69. The molecule has 2 fully saturated rings. The van der Waals surface area contributed by atoms with Gasteiger partial charge in [0.1, 0.15) is 0 Å². The van der Waals surface area contributed by atoms with Crippen LogP contribution < -0.4 is 5.32 Å². The van der Waals surface area contributed by atoms with Crippen molar-refractivity contribution in [3.05, 3.63) is 0 Å². The van der Waals surface area contributed by atoms with Gasteiger partial charge >= 0.3 is 0 Å². The monoisotopic (exact) mass is 276 g/mol. The van der Waals surface area contributed by atoms with Gasteiger partial charge in [0.15, 0.2) is 0 Å². The van der Waals surface area contributed by atoms with E-state index in [1.54, 1.807) is 4.31 Å². The average Bonchev–Trinajstić information content (AvgIpc) is 2.91. The highest BCUT2D eigenvalue weighted by molar-refractivity contribution is 7.89. The predicted octanol–water partition coefficient (Wildman–Crippen LogP) is 0.569. The van der Waals surface area contributed by atoms with Gasteiger partial charge < -0.3 is 10.1 Å². The van der Waals surface area contributed by atoms with Crippen molar-refractivity contribution in [1.29, 1.82) is 0 Å². The summed E-state index contributed by atoms with van der Waals surface area (Å²) in [6.07, 6.45) is 3.69. The second kappa shape index (κ2) is 6.32. The molecule has 0 aromatic rings. The standard InChI is InChI=1S/C12H24N2O3S/c1-2-8-17-11-4-3-7-14(10-11)18(15,16)12-5-6-13-9-12/h11-13H,2-10H2,1H3. The van der Waals surface area contributed by atoms with Crippen LogP contribution in [0, 0.1) is 0 Å². The summed E-state index contributed by atoms with van der Waals surface area (Å²) in [5.41, 5.74) is 0. The zero-order chi connectivity index (χ0) is 13.0. The van der Waals surface area contributed by atoms with E-state index in [1.807, 2.05) is 0 Å². The van der Waals surface area contributed by atoms with Crippen LogP contribution in [0.3, 0.4) is 0 Å². The Hall–Kier alpha value is -0.170. The molecule has 2 rings (SSSR count). The quantitative estimate of drug-likeness (QED) is 0.797. The van der Waals surface area contributed by atoms with Gasteiger partial charge in [-0.05, 0) is 32.2 Å². The van der Waals surface area contributed by atoms with E-state index in [-0.39, 0.29) is 11.4 Å². The maximum atomic E-state index is 12.4. The van der Waals surface area contributed by atoms with Gasteiger partial charge in [-0.25, -0.2) is 8.42 Å². The van der Waals surface area contributed by atoms with Crippen LogP contribution in [0.4, 0.5) is 0 Å². The number of hydrogen-bond acceptors (Lipinski definition) is 4. The van der Waals surface area contributed by atoms with Crippen molar-refractivity contribution >= 4 is 10.0 Å². The molecular weight excluding hydrogens is 252 g/mol. The van der Waals surface area contributed by atoms with E-state index >= 15 is 0 Å². The summed E-state index contributed by atoms with van der Waals surface area (Å²) in [6, 6.07) is 0. The van der Waals surface area contributed by atoms with E-state index in [1.165, 1.54) is 0 Å². The first-order valence-corrected chi connectivity index (χ1v) is 8.46. The fourth-order valence-corrected chi connectivity index (χ4v) is 4.57. The summed E-state index contributed by atoms with van der Waals surface area (Å²) in [5, 5.41) is 2.89. The summed E-state index contributed by atoms with van der Waals surface area (Å²) in [5.74, 6) is 0. The van der Waals surface area contributed by atoms with Gasteiger partial charge in [0, 0.05) is 26.2 Å². The van der Waals surface area contributed by atoms with Crippen molar-refractivity contribution in [3.63, 3.8) is 0 Å². The van der Waals surface area contributed by atoms with E-state index in [0.29, 0.717) is 19.6 Å². The summed E-state index contributed by atoms with van der Waals surface area (Å²) < 4.78 is 32.2. The molecule has 2 unspecified atom stereocenters. The molecule has 5 nitrogen and oxygen atoms in total. The number of nitrogens with one attached hydrogen (secondary N) is 1. The first kappa shape index (κ1) is 14.2. The molecule has 0 radical (unpaired) electrons. The number of rotatable bonds is 5. The van der Waals surface area contributed by atoms with Gasteiger partial charge in [-0.3, -0.25) is 0 Å². The van der Waals surface area contributed by atoms with Crippen molar-refractivity contribution in [2.24, 2.45) is 0 Å². The number of hydrogen-bond donors (Lipinski definition) is 1. The fourth-order valence-electron chi connectivity index (χ4n) is 2.65. The fraction of sp³-hybridized carbons (Fsp3) is 1.00. The first-order valence-electron chi connectivity index (χ1n) is 6.96. The van der Waals surface area contributed by atoms with Gasteiger partial charge in [-0.1, -0.05) is 6.92 Å². The summed E-state index contributed by atoms with van der Waals surface area (Å²) in [6.45, 7) is 5.40. The SMILES string of the molecule is CCCOC1CCCN(S(=O)(=O)C2CCNC2)C1. The Labute approximate surface area is 110 Å². The van der Waals surface area contributed by atoms with Gasteiger partial charge in [-0.2, -0.15) is 4.31 Å². The molecule has 0 aromatic carbocycles. The van der Waals surface area contributed by atoms with Crippen LogP contribution in [0.1, 0.15) is 32.6 Å². The molecule has 2 heterocycles. The van der Waals surface area contributed by atoms with Crippen molar-refractivity contribution in [2.45, 2.75) is 44.0 Å². The molecule has 0 bridgehead atoms. The Morgan fingerprint density at radius 3 is 2.89 bits per heavy atom. The Balaban J connectivity index is 1.94. The van der Waals surface area contributed by atoms with E-state index in [2.05, 4.69) is 12.2 Å². The minimum absolute atomic E-state index is 0.0860. The van der Waals surface area contributed by atoms with Crippen LogP contribution >= 0.6 is 0 Å². The Kier molecular flexibility index (Phi) is 5.00. The highest BCUT2D eigenvalue weighted by Gasteiger charge is 2.36. The van der Waals surface area contributed by atoms with Crippen LogP contribution in [0.5, 0.6) is 0 Å². The third-order valence-corrected chi connectivity index (χ3v) is 5.99. The van der Waals surface area contributed by atoms with Gasteiger partial charge in [0.05, 0.1) is 11.4 Å². The maximum Gasteiger partial charge on any atom is 0.218 e. The molecule has 0 amide bonds. The number of ether oxygens (including phenoxy) is 1.